The van der Waals surface area contributed by atoms with Crippen molar-refractivity contribution in [3.05, 3.63) is 78.1 Å². The molecule has 1 aromatic heterocycles. The van der Waals surface area contributed by atoms with E-state index in [1.54, 1.807) is 18.2 Å². The third-order valence-corrected chi connectivity index (χ3v) is 4.30. The molecule has 0 aliphatic carbocycles. The molecule has 1 N–H and O–H groups in total. The van der Waals surface area contributed by atoms with Crippen molar-refractivity contribution in [2.24, 2.45) is 0 Å². The Morgan fingerprint density at radius 1 is 0.923 bits per heavy atom. The molecule has 2 aromatic carbocycles. The number of amides is 1. The standard InChI is InChI=1S/C21H22N2O3/c1-15(16-9-11-17(12-10-16)23-13-4-5-14-23)22-21(24)20-18(25-2)7-6-8-19(20)26-3/h4-15H,1-3H3,(H,22,24). The van der Waals surface area contributed by atoms with Crippen LogP contribution in [-0.2, 0) is 0 Å². The van der Waals surface area contributed by atoms with Crippen molar-refractivity contribution >= 4 is 5.91 Å². The fourth-order valence-corrected chi connectivity index (χ4v) is 2.87. The van der Waals surface area contributed by atoms with Crippen LogP contribution in [0.25, 0.3) is 5.69 Å². The number of hydrogen-bond donors (Lipinski definition) is 1. The second kappa shape index (κ2) is 7.78. The van der Waals surface area contributed by atoms with Crippen molar-refractivity contribution in [2.75, 3.05) is 14.2 Å². The lowest BCUT2D eigenvalue weighted by atomic mass is 10.1. The largest absolute Gasteiger partial charge is 0.496 e. The molecular formula is C21H22N2O3. The minimum atomic E-state index is -0.235. The summed E-state index contributed by atoms with van der Waals surface area (Å²) in [6, 6.07) is 17.2. The van der Waals surface area contributed by atoms with Crippen molar-refractivity contribution in [1.29, 1.82) is 0 Å². The third kappa shape index (κ3) is 3.57. The maximum absolute atomic E-state index is 12.8. The summed E-state index contributed by atoms with van der Waals surface area (Å²) in [6.07, 6.45) is 3.99. The van der Waals surface area contributed by atoms with Crippen LogP contribution in [0.2, 0.25) is 0 Å². The molecule has 1 unspecified atom stereocenters. The minimum absolute atomic E-state index is 0.157. The number of nitrogens with one attached hydrogen (secondary N) is 1. The molecule has 26 heavy (non-hydrogen) atoms. The van der Waals surface area contributed by atoms with E-state index in [1.807, 2.05) is 60.3 Å². The Kier molecular flexibility index (Phi) is 5.27. The molecule has 0 saturated carbocycles. The fourth-order valence-electron chi connectivity index (χ4n) is 2.87. The third-order valence-electron chi connectivity index (χ3n) is 4.30. The van der Waals surface area contributed by atoms with Gasteiger partial charge in [0.25, 0.3) is 5.91 Å². The molecule has 1 heterocycles. The smallest absolute Gasteiger partial charge is 0.259 e. The van der Waals surface area contributed by atoms with Gasteiger partial charge in [0, 0.05) is 18.1 Å². The number of ether oxygens (including phenoxy) is 2. The van der Waals surface area contributed by atoms with Gasteiger partial charge in [0.15, 0.2) is 0 Å². The van der Waals surface area contributed by atoms with E-state index in [0.29, 0.717) is 17.1 Å². The maximum atomic E-state index is 12.8. The van der Waals surface area contributed by atoms with E-state index in [1.165, 1.54) is 14.2 Å². The summed E-state index contributed by atoms with van der Waals surface area (Å²) in [5.74, 6) is 0.732. The van der Waals surface area contributed by atoms with Crippen LogP contribution in [0.15, 0.2) is 67.0 Å². The van der Waals surface area contributed by atoms with E-state index in [0.717, 1.165) is 11.3 Å². The van der Waals surface area contributed by atoms with Crippen LogP contribution >= 0.6 is 0 Å². The van der Waals surface area contributed by atoms with Crippen LogP contribution in [0.5, 0.6) is 11.5 Å². The molecule has 0 bridgehead atoms. The lowest BCUT2D eigenvalue weighted by Gasteiger charge is -2.18. The number of hydrogen-bond acceptors (Lipinski definition) is 3. The summed E-state index contributed by atoms with van der Waals surface area (Å²) in [4.78, 5) is 12.8. The predicted molar refractivity (Wildman–Crippen MR) is 101 cm³/mol. The lowest BCUT2D eigenvalue weighted by Crippen LogP contribution is -2.27. The molecule has 3 rings (SSSR count). The maximum Gasteiger partial charge on any atom is 0.259 e. The first-order valence-corrected chi connectivity index (χ1v) is 8.39. The highest BCUT2D eigenvalue weighted by Crippen LogP contribution is 2.29. The topological polar surface area (TPSA) is 52.5 Å². The molecule has 0 fully saturated rings. The van der Waals surface area contributed by atoms with E-state index in [-0.39, 0.29) is 11.9 Å². The summed E-state index contributed by atoms with van der Waals surface area (Å²) < 4.78 is 12.7. The van der Waals surface area contributed by atoms with E-state index >= 15 is 0 Å². The molecule has 0 aliphatic heterocycles. The molecule has 134 valence electrons. The van der Waals surface area contributed by atoms with E-state index in [2.05, 4.69) is 5.32 Å². The number of methoxy groups -OCH3 is 2. The van der Waals surface area contributed by atoms with E-state index in [9.17, 15) is 4.79 Å². The Morgan fingerprint density at radius 3 is 2.04 bits per heavy atom. The second-order valence-electron chi connectivity index (χ2n) is 5.91. The number of carbonyl (C=O) groups is 1. The number of carbonyl (C=O) groups excluding carboxylic acids is 1. The van der Waals surface area contributed by atoms with Crippen LogP contribution in [0.3, 0.4) is 0 Å². The van der Waals surface area contributed by atoms with Crippen LogP contribution < -0.4 is 14.8 Å². The molecule has 3 aromatic rings. The summed E-state index contributed by atoms with van der Waals surface area (Å²) in [6.45, 7) is 1.95. The quantitative estimate of drug-likeness (QED) is 0.731. The van der Waals surface area contributed by atoms with Gasteiger partial charge in [-0.15, -0.1) is 0 Å². The fraction of sp³-hybridized carbons (Fsp3) is 0.190. The number of aromatic nitrogens is 1. The van der Waals surface area contributed by atoms with Gasteiger partial charge in [0.2, 0.25) is 0 Å². The average Bonchev–Trinajstić information content (AvgIpc) is 3.22. The van der Waals surface area contributed by atoms with Gasteiger partial charge < -0.3 is 19.4 Å². The molecular weight excluding hydrogens is 328 g/mol. The predicted octanol–water partition coefficient (Wildman–Crippen LogP) is 3.99. The van der Waals surface area contributed by atoms with Gasteiger partial charge >= 0.3 is 0 Å². The summed E-state index contributed by atoms with van der Waals surface area (Å²) in [5.41, 5.74) is 2.49. The zero-order chi connectivity index (χ0) is 18.5. The number of nitrogens with zero attached hydrogens (tertiary/aromatic N) is 1. The molecule has 1 atom stereocenters. The number of benzene rings is 2. The molecule has 5 heteroatoms. The number of rotatable bonds is 6. The average molecular weight is 350 g/mol. The van der Waals surface area contributed by atoms with Crippen LogP contribution in [-0.4, -0.2) is 24.7 Å². The highest BCUT2D eigenvalue weighted by Gasteiger charge is 2.20. The monoisotopic (exact) mass is 350 g/mol. The van der Waals surface area contributed by atoms with Crippen LogP contribution in [0.1, 0.15) is 28.9 Å². The first-order valence-electron chi connectivity index (χ1n) is 8.39. The normalized spacial score (nSPS) is 11.7. The highest BCUT2D eigenvalue weighted by atomic mass is 16.5. The van der Waals surface area contributed by atoms with Crippen molar-refractivity contribution in [1.82, 2.24) is 9.88 Å². The summed E-state index contributed by atoms with van der Waals surface area (Å²) in [7, 11) is 3.07. The zero-order valence-electron chi connectivity index (χ0n) is 15.1. The van der Waals surface area contributed by atoms with Gasteiger partial charge in [-0.05, 0) is 48.9 Å². The van der Waals surface area contributed by atoms with Crippen molar-refractivity contribution in [2.45, 2.75) is 13.0 Å². The molecule has 0 aliphatic rings. The van der Waals surface area contributed by atoms with Gasteiger partial charge in [0.05, 0.1) is 20.3 Å². The molecule has 5 nitrogen and oxygen atoms in total. The summed E-state index contributed by atoms with van der Waals surface area (Å²) in [5, 5.41) is 3.01. The summed E-state index contributed by atoms with van der Waals surface area (Å²) >= 11 is 0. The molecule has 0 saturated heterocycles. The Hall–Kier alpha value is -3.21. The lowest BCUT2D eigenvalue weighted by molar-refractivity contribution is 0.0933. The van der Waals surface area contributed by atoms with E-state index < -0.39 is 0 Å². The van der Waals surface area contributed by atoms with Crippen molar-refractivity contribution in [3.8, 4) is 17.2 Å². The van der Waals surface area contributed by atoms with Crippen molar-refractivity contribution in [3.63, 3.8) is 0 Å². The van der Waals surface area contributed by atoms with Gasteiger partial charge in [-0.25, -0.2) is 0 Å². The molecule has 0 radical (unpaired) electrons. The van der Waals surface area contributed by atoms with Gasteiger partial charge in [-0.1, -0.05) is 18.2 Å². The highest BCUT2D eigenvalue weighted by molar-refractivity contribution is 5.99. The van der Waals surface area contributed by atoms with Gasteiger partial charge in [-0.2, -0.15) is 0 Å². The van der Waals surface area contributed by atoms with E-state index in [4.69, 9.17) is 9.47 Å². The molecule has 0 spiro atoms. The van der Waals surface area contributed by atoms with Crippen molar-refractivity contribution < 1.29 is 14.3 Å². The second-order valence-corrected chi connectivity index (χ2v) is 5.91. The van der Waals surface area contributed by atoms with Gasteiger partial charge in [0.1, 0.15) is 17.1 Å². The Balaban J connectivity index is 1.78. The first kappa shape index (κ1) is 17.6. The Morgan fingerprint density at radius 2 is 1.50 bits per heavy atom. The SMILES string of the molecule is COc1cccc(OC)c1C(=O)NC(C)c1ccc(-n2cccc2)cc1. The Labute approximate surface area is 153 Å². The van der Waals surface area contributed by atoms with Crippen LogP contribution in [0, 0.1) is 0 Å². The van der Waals surface area contributed by atoms with Crippen LogP contribution in [0.4, 0.5) is 0 Å². The molecule has 1 amide bonds. The zero-order valence-corrected chi connectivity index (χ0v) is 15.1. The minimum Gasteiger partial charge on any atom is -0.496 e. The first-order chi connectivity index (χ1) is 12.6. The van der Waals surface area contributed by atoms with Gasteiger partial charge in [-0.3, -0.25) is 4.79 Å². The Bertz CT molecular complexity index is 849.